The SMILES string of the molecule is CCCC[C@H]1CC[C@H](C2CCC([C@H]3CCC[C@@H](OC(C)=O)C3)CC2)CC1. The first-order valence-corrected chi connectivity index (χ1v) is 11.8. The lowest BCUT2D eigenvalue weighted by Crippen LogP contribution is -2.32. The van der Waals surface area contributed by atoms with Gasteiger partial charge in [-0.1, -0.05) is 39.0 Å². The summed E-state index contributed by atoms with van der Waals surface area (Å²) in [4.78, 5) is 11.3. The van der Waals surface area contributed by atoms with Gasteiger partial charge < -0.3 is 4.74 Å². The molecule has 0 aromatic rings. The van der Waals surface area contributed by atoms with E-state index in [-0.39, 0.29) is 12.1 Å². The third kappa shape index (κ3) is 5.73. The Morgan fingerprint density at radius 1 is 0.808 bits per heavy atom. The maximum Gasteiger partial charge on any atom is 0.302 e. The van der Waals surface area contributed by atoms with E-state index in [1.807, 2.05) is 0 Å². The van der Waals surface area contributed by atoms with Crippen molar-refractivity contribution in [3.8, 4) is 0 Å². The van der Waals surface area contributed by atoms with Crippen molar-refractivity contribution < 1.29 is 9.53 Å². The van der Waals surface area contributed by atoms with Crippen molar-refractivity contribution in [2.24, 2.45) is 29.6 Å². The van der Waals surface area contributed by atoms with Gasteiger partial charge in [0, 0.05) is 6.92 Å². The van der Waals surface area contributed by atoms with Crippen LogP contribution in [-0.4, -0.2) is 12.1 Å². The summed E-state index contributed by atoms with van der Waals surface area (Å²) < 4.78 is 5.53. The zero-order valence-corrected chi connectivity index (χ0v) is 17.4. The van der Waals surface area contributed by atoms with Crippen LogP contribution in [0.25, 0.3) is 0 Å². The average molecular weight is 363 g/mol. The second kappa shape index (κ2) is 10.1. The Labute approximate surface area is 161 Å². The molecule has 0 heterocycles. The molecule has 26 heavy (non-hydrogen) atoms. The van der Waals surface area contributed by atoms with Gasteiger partial charge in [0.05, 0.1) is 0 Å². The van der Waals surface area contributed by atoms with Crippen LogP contribution < -0.4 is 0 Å². The maximum atomic E-state index is 11.3. The minimum Gasteiger partial charge on any atom is -0.463 e. The fourth-order valence-corrected chi connectivity index (χ4v) is 6.48. The van der Waals surface area contributed by atoms with E-state index in [1.165, 1.54) is 83.5 Å². The topological polar surface area (TPSA) is 26.3 Å². The highest BCUT2D eigenvalue weighted by Gasteiger charge is 2.35. The molecule has 3 aliphatic carbocycles. The van der Waals surface area contributed by atoms with E-state index in [1.54, 1.807) is 6.92 Å². The smallest absolute Gasteiger partial charge is 0.302 e. The molecule has 0 amide bonds. The average Bonchev–Trinajstić information content (AvgIpc) is 2.67. The van der Waals surface area contributed by atoms with Gasteiger partial charge in [-0.2, -0.15) is 0 Å². The number of carbonyl (C=O) groups excluding carboxylic acids is 1. The van der Waals surface area contributed by atoms with Gasteiger partial charge >= 0.3 is 5.97 Å². The Bertz CT molecular complexity index is 416. The molecule has 3 rings (SSSR count). The first-order chi connectivity index (χ1) is 12.7. The molecule has 150 valence electrons. The molecule has 0 aromatic carbocycles. The third-order valence-electron chi connectivity index (χ3n) is 8.01. The Kier molecular flexibility index (Phi) is 7.88. The van der Waals surface area contributed by atoms with E-state index >= 15 is 0 Å². The summed E-state index contributed by atoms with van der Waals surface area (Å²) in [6, 6.07) is 0. The van der Waals surface area contributed by atoms with E-state index in [0.717, 1.165) is 42.4 Å². The zero-order valence-electron chi connectivity index (χ0n) is 17.4. The first-order valence-electron chi connectivity index (χ1n) is 11.8. The molecule has 3 aliphatic rings. The summed E-state index contributed by atoms with van der Waals surface area (Å²) in [5.41, 5.74) is 0. The van der Waals surface area contributed by atoms with Crippen molar-refractivity contribution >= 4 is 5.97 Å². The van der Waals surface area contributed by atoms with E-state index in [9.17, 15) is 4.79 Å². The van der Waals surface area contributed by atoms with Gasteiger partial charge in [0.2, 0.25) is 0 Å². The van der Waals surface area contributed by atoms with Gasteiger partial charge in [-0.25, -0.2) is 0 Å². The number of unbranched alkanes of at least 4 members (excludes halogenated alkanes) is 1. The van der Waals surface area contributed by atoms with Crippen molar-refractivity contribution in [2.75, 3.05) is 0 Å². The van der Waals surface area contributed by atoms with Crippen LogP contribution in [0.3, 0.4) is 0 Å². The van der Waals surface area contributed by atoms with Crippen molar-refractivity contribution in [1.82, 2.24) is 0 Å². The molecule has 0 bridgehead atoms. The van der Waals surface area contributed by atoms with E-state index in [2.05, 4.69) is 6.92 Å². The van der Waals surface area contributed by atoms with Crippen LogP contribution in [0, 0.1) is 29.6 Å². The monoisotopic (exact) mass is 362 g/mol. The normalized spacial score (nSPS) is 38.7. The zero-order chi connectivity index (χ0) is 18.4. The highest BCUT2D eigenvalue weighted by molar-refractivity contribution is 5.66. The molecule has 2 atom stereocenters. The second-order valence-electron chi connectivity index (χ2n) is 9.76. The quantitative estimate of drug-likeness (QED) is 0.480. The van der Waals surface area contributed by atoms with E-state index < -0.39 is 0 Å². The van der Waals surface area contributed by atoms with Gasteiger partial charge in [0.1, 0.15) is 6.10 Å². The molecule has 0 aromatic heterocycles. The summed E-state index contributed by atoms with van der Waals surface area (Å²) in [5.74, 6) is 4.74. The largest absolute Gasteiger partial charge is 0.463 e. The van der Waals surface area contributed by atoms with Crippen LogP contribution in [0.4, 0.5) is 0 Å². The number of esters is 1. The Morgan fingerprint density at radius 2 is 1.38 bits per heavy atom. The molecule has 3 saturated carbocycles. The first kappa shape index (κ1) is 20.2. The molecular weight excluding hydrogens is 320 g/mol. The van der Waals surface area contributed by atoms with Crippen molar-refractivity contribution in [2.45, 2.75) is 116 Å². The number of ether oxygens (including phenoxy) is 1. The summed E-state index contributed by atoms with van der Waals surface area (Å²) >= 11 is 0. The van der Waals surface area contributed by atoms with Gasteiger partial charge in [0.15, 0.2) is 0 Å². The molecule has 0 unspecified atom stereocenters. The van der Waals surface area contributed by atoms with Crippen molar-refractivity contribution in [3.05, 3.63) is 0 Å². The van der Waals surface area contributed by atoms with E-state index in [0.29, 0.717) is 0 Å². The summed E-state index contributed by atoms with van der Waals surface area (Å²) in [6.45, 7) is 3.89. The van der Waals surface area contributed by atoms with Crippen LogP contribution >= 0.6 is 0 Å². The molecule has 2 heteroatoms. The summed E-state index contributed by atoms with van der Waals surface area (Å²) in [7, 11) is 0. The van der Waals surface area contributed by atoms with Gasteiger partial charge in [0.25, 0.3) is 0 Å². The predicted octanol–water partition coefficient (Wildman–Crippen LogP) is 6.91. The van der Waals surface area contributed by atoms with Crippen molar-refractivity contribution in [3.63, 3.8) is 0 Å². The molecule has 3 fully saturated rings. The fourth-order valence-electron chi connectivity index (χ4n) is 6.48. The lowest BCUT2D eigenvalue weighted by atomic mass is 9.65. The third-order valence-corrected chi connectivity index (χ3v) is 8.01. The minimum absolute atomic E-state index is 0.0890. The lowest BCUT2D eigenvalue weighted by Gasteiger charge is -2.41. The van der Waals surface area contributed by atoms with Crippen LogP contribution in [-0.2, 0) is 9.53 Å². The second-order valence-corrected chi connectivity index (χ2v) is 9.76. The van der Waals surface area contributed by atoms with Gasteiger partial charge in [-0.3, -0.25) is 4.79 Å². The summed E-state index contributed by atoms with van der Waals surface area (Å²) in [5, 5.41) is 0. The number of hydrogen-bond acceptors (Lipinski definition) is 2. The maximum absolute atomic E-state index is 11.3. The minimum atomic E-state index is -0.0890. The van der Waals surface area contributed by atoms with Crippen LogP contribution in [0.15, 0.2) is 0 Å². The molecule has 0 radical (unpaired) electrons. The Hall–Kier alpha value is -0.530. The van der Waals surface area contributed by atoms with Crippen LogP contribution in [0.1, 0.15) is 110 Å². The number of hydrogen-bond donors (Lipinski definition) is 0. The molecule has 2 nitrogen and oxygen atoms in total. The Morgan fingerprint density at radius 3 is 1.96 bits per heavy atom. The molecule has 0 saturated heterocycles. The van der Waals surface area contributed by atoms with Crippen LogP contribution in [0.5, 0.6) is 0 Å². The lowest BCUT2D eigenvalue weighted by molar-refractivity contribution is -0.149. The Balaban J connectivity index is 1.38. The molecule has 0 aliphatic heterocycles. The van der Waals surface area contributed by atoms with Gasteiger partial charge in [-0.15, -0.1) is 0 Å². The molecular formula is C24H42O2. The number of carbonyl (C=O) groups is 1. The van der Waals surface area contributed by atoms with Gasteiger partial charge in [-0.05, 0) is 93.8 Å². The summed E-state index contributed by atoms with van der Waals surface area (Å²) in [6.07, 6.45) is 21.2. The standard InChI is InChI=1S/C24H42O2/c1-3-4-6-19-9-11-20(12-10-19)21-13-15-22(16-14-21)23-7-5-8-24(17-23)26-18(2)25/h19-24H,3-17H2,1-2H3/t19-,20-,21?,22?,23-,24+/m0/s1. The molecule has 0 N–H and O–H groups in total. The predicted molar refractivity (Wildman–Crippen MR) is 108 cm³/mol. The van der Waals surface area contributed by atoms with E-state index in [4.69, 9.17) is 4.74 Å². The molecule has 0 spiro atoms. The highest BCUT2D eigenvalue weighted by Crippen LogP contribution is 2.46. The number of rotatable bonds is 6. The van der Waals surface area contributed by atoms with Crippen LogP contribution in [0.2, 0.25) is 0 Å². The van der Waals surface area contributed by atoms with Crippen molar-refractivity contribution in [1.29, 1.82) is 0 Å². The highest BCUT2D eigenvalue weighted by atomic mass is 16.5. The fraction of sp³-hybridized carbons (Fsp3) is 0.958.